The van der Waals surface area contributed by atoms with Gasteiger partial charge in [-0.1, -0.05) is 12.1 Å². The largest absolute Gasteiger partial charge is 0.544 e. The molecule has 1 unspecified atom stereocenters. The Morgan fingerprint density at radius 1 is 1.14 bits per heavy atom. The molecule has 1 rings (SSSR count). The van der Waals surface area contributed by atoms with Crippen LogP contribution in [0, 0.1) is 0 Å². The van der Waals surface area contributed by atoms with Gasteiger partial charge in [0.15, 0.2) is 6.10 Å². The third-order valence-electron chi connectivity index (χ3n) is 2.49. The summed E-state index contributed by atoms with van der Waals surface area (Å²) in [6.45, 7) is 6.35. The Morgan fingerprint density at radius 2 is 1.64 bits per heavy atom. The summed E-state index contributed by atoms with van der Waals surface area (Å²) in [4.78, 5) is 21.6. The molecule has 22 heavy (non-hydrogen) atoms. The molecule has 1 atom stereocenters. The van der Waals surface area contributed by atoms with Gasteiger partial charge in [0.25, 0.3) is 0 Å². The third kappa shape index (κ3) is 4.68. The highest BCUT2D eigenvalue weighted by molar-refractivity contribution is 5.75. The fraction of sp³-hybridized carbons (Fsp3) is 0.467. The molecule has 7 heteroatoms. The number of carbonyl (C=O) groups excluding carboxylic acids is 2. The van der Waals surface area contributed by atoms with Crippen molar-refractivity contribution in [2.75, 3.05) is 0 Å². The Balaban J connectivity index is 3.11. The SMILES string of the molecule is CC(=O)OC(c1ccc(OC(C)(C)C)cc1)C(F)(F)C(=O)[O-]. The highest BCUT2D eigenvalue weighted by atomic mass is 19.3. The number of carboxylic acid groups (broad SMARTS) is 1. The van der Waals surface area contributed by atoms with Crippen LogP contribution in [0.4, 0.5) is 8.78 Å². The van der Waals surface area contributed by atoms with E-state index in [1.165, 1.54) is 24.3 Å². The quantitative estimate of drug-likeness (QED) is 0.775. The second-order valence-electron chi connectivity index (χ2n) is 5.68. The minimum atomic E-state index is -4.35. The van der Waals surface area contributed by atoms with Gasteiger partial charge in [-0.05, 0) is 38.5 Å². The van der Waals surface area contributed by atoms with E-state index in [-0.39, 0.29) is 5.56 Å². The van der Waals surface area contributed by atoms with Crippen LogP contribution in [0.15, 0.2) is 24.3 Å². The molecular weight excluding hydrogens is 298 g/mol. The summed E-state index contributed by atoms with van der Waals surface area (Å²) in [6.07, 6.45) is -2.27. The Morgan fingerprint density at radius 3 is 2.00 bits per heavy atom. The number of hydrogen-bond acceptors (Lipinski definition) is 5. The summed E-state index contributed by atoms with van der Waals surface area (Å²) in [5, 5.41) is 10.6. The van der Waals surface area contributed by atoms with Crippen LogP contribution in [0.1, 0.15) is 39.4 Å². The van der Waals surface area contributed by atoms with Crippen molar-refractivity contribution in [2.45, 2.75) is 45.3 Å². The molecule has 0 amide bonds. The molecule has 0 radical (unpaired) electrons. The Kier molecular flexibility index (Phi) is 5.11. The zero-order valence-corrected chi connectivity index (χ0v) is 12.7. The third-order valence-corrected chi connectivity index (χ3v) is 2.49. The van der Waals surface area contributed by atoms with Gasteiger partial charge in [0.1, 0.15) is 17.3 Å². The number of carboxylic acids is 1. The Bertz CT molecular complexity index is 546. The molecule has 0 aromatic heterocycles. The van der Waals surface area contributed by atoms with E-state index < -0.39 is 29.6 Å². The Hall–Kier alpha value is -2.18. The van der Waals surface area contributed by atoms with Crippen molar-refractivity contribution in [1.82, 2.24) is 0 Å². The lowest BCUT2D eigenvalue weighted by molar-refractivity contribution is -0.336. The average Bonchev–Trinajstić information content (AvgIpc) is 2.34. The number of ether oxygens (including phenoxy) is 2. The van der Waals surface area contributed by atoms with E-state index in [9.17, 15) is 23.5 Å². The Labute approximate surface area is 126 Å². The van der Waals surface area contributed by atoms with Crippen LogP contribution >= 0.6 is 0 Å². The zero-order chi connectivity index (χ0) is 17.1. The molecule has 0 fully saturated rings. The summed E-state index contributed by atoms with van der Waals surface area (Å²) in [6, 6.07) is 5.21. The lowest BCUT2D eigenvalue weighted by atomic mass is 10.0. The molecule has 0 aliphatic heterocycles. The van der Waals surface area contributed by atoms with Gasteiger partial charge in [-0.3, -0.25) is 4.79 Å². The number of hydrogen-bond donors (Lipinski definition) is 0. The predicted octanol–water partition coefficient (Wildman–Crippen LogP) is 1.85. The number of esters is 1. The van der Waals surface area contributed by atoms with Crippen LogP contribution < -0.4 is 9.84 Å². The van der Waals surface area contributed by atoms with Crippen molar-refractivity contribution in [3.8, 4) is 5.75 Å². The van der Waals surface area contributed by atoms with E-state index in [2.05, 4.69) is 4.74 Å². The number of carbonyl (C=O) groups is 2. The number of benzene rings is 1. The molecule has 0 N–H and O–H groups in total. The molecular formula is C15H17F2O5-. The van der Waals surface area contributed by atoms with E-state index in [0.29, 0.717) is 5.75 Å². The molecule has 0 aliphatic carbocycles. The number of alkyl halides is 2. The monoisotopic (exact) mass is 315 g/mol. The van der Waals surface area contributed by atoms with Crippen LogP contribution in [-0.2, 0) is 14.3 Å². The maximum Gasteiger partial charge on any atom is 0.327 e. The molecule has 0 aliphatic rings. The fourth-order valence-electron chi connectivity index (χ4n) is 1.69. The van der Waals surface area contributed by atoms with Gasteiger partial charge in [-0.15, -0.1) is 0 Å². The van der Waals surface area contributed by atoms with Crippen molar-refractivity contribution in [3.63, 3.8) is 0 Å². The summed E-state index contributed by atoms with van der Waals surface area (Å²) in [7, 11) is 0. The minimum absolute atomic E-state index is 0.175. The first-order valence-electron chi connectivity index (χ1n) is 6.49. The second-order valence-corrected chi connectivity index (χ2v) is 5.68. The van der Waals surface area contributed by atoms with Crippen molar-refractivity contribution in [3.05, 3.63) is 29.8 Å². The van der Waals surface area contributed by atoms with Gasteiger partial charge in [-0.25, -0.2) is 0 Å². The maximum absolute atomic E-state index is 13.7. The van der Waals surface area contributed by atoms with Crippen molar-refractivity contribution in [2.24, 2.45) is 0 Å². The maximum atomic E-state index is 13.7. The first kappa shape index (κ1) is 17.9. The van der Waals surface area contributed by atoms with Crippen LogP contribution in [0.2, 0.25) is 0 Å². The van der Waals surface area contributed by atoms with Crippen molar-refractivity contribution >= 4 is 11.9 Å². The van der Waals surface area contributed by atoms with Gasteiger partial charge >= 0.3 is 11.9 Å². The molecule has 0 heterocycles. The average molecular weight is 315 g/mol. The summed E-state index contributed by atoms with van der Waals surface area (Å²) in [5.41, 5.74) is -0.656. The van der Waals surface area contributed by atoms with Crippen LogP contribution in [0.25, 0.3) is 0 Å². The number of aliphatic carboxylic acids is 1. The van der Waals surface area contributed by atoms with Crippen molar-refractivity contribution in [1.29, 1.82) is 0 Å². The van der Waals surface area contributed by atoms with Gasteiger partial charge in [0.2, 0.25) is 0 Å². The first-order chi connectivity index (χ1) is 9.93. The molecule has 0 saturated heterocycles. The van der Waals surface area contributed by atoms with Crippen molar-refractivity contribution < 1.29 is 33.0 Å². The normalized spacial score (nSPS) is 13.4. The predicted molar refractivity (Wildman–Crippen MR) is 71.3 cm³/mol. The molecule has 0 bridgehead atoms. The summed E-state index contributed by atoms with van der Waals surface area (Å²) < 4.78 is 37.3. The smallest absolute Gasteiger partial charge is 0.327 e. The molecule has 0 saturated carbocycles. The van der Waals surface area contributed by atoms with Gasteiger partial charge in [-0.2, -0.15) is 8.78 Å². The zero-order valence-electron chi connectivity index (χ0n) is 12.7. The first-order valence-corrected chi connectivity index (χ1v) is 6.49. The van der Waals surface area contributed by atoms with E-state index in [0.717, 1.165) is 6.92 Å². The summed E-state index contributed by atoms with van der Waals surface area (Å²) in [5.74, 6) is -7.58. The topological polar surface area (TPSA) is 75.7 Å². The molecule has 1 aromatic rings. The van der Waals surface area contributed by atoms with E-state index in [1.54, 1.807) is 0 Å². The second kappa shape index (κ2) is 6.29. The van der Waals surface area contributed by atoms with Gasteiger partial charge < -0.3 is 19.4 Å². The highest BCUT2D eigenvalue weighted by Gasteiger charge is 2.45. The fourth-order valence-corrected chi connectivity index (χ4v) is 1.69. The number of rotatable bonds is 5. The van der Waals surface area contributed by atoms with Crippen LogP contribution in [0.5, 0.6) is 5.75 Å². The van der Waals surface area contributed by atoms with Gasteiger partial charge in [0, 0.05) is 6.92 Å². The highest BCUT2D eigenvalue weighted by Crippen LogP contribution is 2.35. The molecule has 1 aromatic carbocycles. The van der Waals surface area contributed by atoms with Crippen LogP contribution in [-0.4, -0.2) is 23.5 Å². The van der Waals surface area contributed by atoms with E-state index in [4.69, 9.17) is 4.74 Å². The number of halogens is 2. The van der Waals surface area contributed by atoms with Gasteiger partial charge in [0.05, 0.1) is 0 Å². The lowest BCUT2D eigenvalue weighted by Gasteiger charge is -2.27. The summed E-state index contributed by atoms with van der Waals surface area (Å²) >= 11 is 0. The standard InChI is InChI=1S/C15H18F2O5/c1-9(18)21-12(15(16,17)13(19)20)10-5-7-11(8-6-10)22-14(2,3)4/h5-8,12H,1-4H3,(H,19,20)/p-1. The van der Waals surface area contributed by atoms with Crippen LogP contribution in [0.3, 0.4) is 0 Å². The van der Waals surface area contributed by atoms with E-state index in [1.807, 2.05) is 20.8 Å². The minimum Gasteiger partial charge on any atom is -0.544 e. The molecule has 122 valence electrons. The molecule has 0 spiro atoms. The lowest BCUT2D eigenvalue weighted by Crippen LogP contribution is -2.47. The van der Waals surface area contributed by atoms with E-state index >= 15 is 0 Å². The molecule has 5 nitrogen and oxygen atoms in total.